The van der Waals surface area contributed by atoms with Gasteiger partial charge in [0.2, 0.25) is 10.0 Å². The third-order valence-electron chi connectivity index (χ3n) is 3.47. The summed E-state index contributed by atoms with van der Waals surface area (Å²) in [4.78, 5) is 13.3. The van der Waals surface area contributed by atoms with E-state index in [1.807, 2.05) is 20.8 Å². The van der Waals surface area contributed by atoms with Gasteiger partial charge in [-0.15, -0.1) is 0 Å². The average molecular weight is 342 g/mol. The largest absolute Gasteiger partial charge is 0.494 e. The fourth-order valence-electron chi connectivity index (χ4n) is 2.24. The Morgan fingerprint density at radius 2 is 2.00 bits per heavy atom. The van der Waals surface area contributed by atoms with Gasteiger partial charge in [0, 0.05) is 12.6 Å². The van der Waals surface area contributed by atoms with Gasteiger partial charge in [0.1, 0.15) is 11.9 Å². The summed E-state index contributed by atoms with van der Waals surface area (Å²) in [7, 11) is -3.65. The zero-order valence-electron chi connectivity index (χ0n) is 13.5. The molecule has 1 heterocycles. The summed E-state index contributed by atoms with van der Waals surface area (Å²) in [6, 6.07) is 6.20. The van der Waals surface area contributed by atoms with Crippen LogP contribution in [0.3, 0.4) is 0 Å². The predicted molar refractivity (Wildman–Crippen MR) is 84.9 cm³/mol. The maximum atomic E-state index is 12.2. The molecule has 0 aliphatic carbocycles. The number of benzene rings is 1. The summed E-state index contributed by atoms with van der Waals surface area (Å²) in [5, 5.41) is 0. The molecular weight excluding hydrogens is 320 g/mol. The highest BCUT2D eigenvalue weighted by Crippen LogP contribution is 2.17. The lowest BCUT2D eigenvalue weighted by Gasteiger charge is -2.16. The molecule has 8 heteroatoms. The Bertz CT molecular complexity index is 642. The van der Waals surface area contributed by atoms with Crippen LogP contribution >= 0.6 is 0 Å². The van der Waals surface area contributed by atoms with Crippen LogP contribution in [0.2, 0.25) is 0 Å². The molecule has 1 aliphatic heterocycles. The zero-order valence-corrected chi connectivity index (χ0v) is 14.3. The molecule has 0 saturated carbocycles. The maximum Gasteiger partial charge on any atom is 0.410 e. The number of carbonyl (C=O) groups excluding carboxylic acids is 1. The fraction of sp³-hybridized carbons (Fsp3) is 0.533. The number of sulfonamides is 1. The summed E-state index contributed by atoms with van der Waals surface area (Å²) in [5.41, 5.74) is 0. The minimum atomic E-state index is -3.65. The third-order valence-corrected chi connectivity index (χ3v) is 4.91. The van der Waals surface area contributed by atoms with Crippen LogP contribution in [0.15, 0.2) is 29.2 Å². The first-order valence-electron chi connectivity index (χ1n) is 7.53. The molecule has 0 aromatic heterocycles. The van der Waals surface area contributed by atoms with E-state index in [1.165, 1.54) is 12.1 Å². The van der Waals surface area contributed by atoms with Gasteiger partial charge in [0.25, 0.3) is 0 Å². The average Bonchev–Trinajstić information content (AvgIpc) is 2.88. The van der Waals surface area contributed by atoms with Gasteiger partial charge in [0.15, 0.2) is 0 Å². The van der Waals surface area contributed by atoms with Gasteiger partial charge >= 0.3 is 6.09 Å². The van der Waals surface area contributed by atoms with Crippen LogP contribution in [0.4, 0.5) is 4.79 Å². The van der Waals surface area contributed by atoms with Crippen molar-refractivity contribution in [3.8, 4) is 5.75 Å². The van der Waals surface area contributed by atoms with Crippen molar-refractivity contribution in [3.63, 3.8) is 0 Å². The van der Waals surface area contributed by atoms with Crippen LogP contribution < -0.4 is 9.46 Å². The van der Waals surface area contributed by atoms with Crippen molar-refractivity contribution in [2.24, 2.45) is 0 Å². The molecule has 128 valence electrons. The summed E-state index contributed by atoms with van der Waals surface area (Å²) < 4.78 is 37.4. The number of ether oxygens (including phenoxy) is 2. The maximum absolute atomic E-state index is 12.2. The SMILES string of the molecule is CCOc1ccc(S(=O)(=O)NCC2CN(C(C)C)C(=O)O2)cc1. The minimum absolute atomic E-state index is 0.0233. The molecule has 7 nitrogen and oxygen atoms in total. The second kappa shape index (κ2) is 7.18. The Hall–Kier alpha value is -1.80. The van der Waals surface area contributed by atoms with Crippen molar-refractivity contribution in [1.82, 2.24) is 9.62 Å². The van der Waals surface area contributed by atoms with Crippen LogP contribution in [0.25, 0.3) is 0 Å². The molecule has 1 aliphatic rings. The molecular formula is C15H22N2O5S. The van der Waals surface area contributed by atoms with Crippen LogP contribution in [0, 0.1) is 0 Å². The highest BCUT2D eigenvalue weighted by atomic mass is 32.2. The smallest absolute Gasteiger partial charge is 0.410 e. The molecule has 1 amide bonds. The summed E-state index contributed by atoms with van der Waals surface area (Å²) >= 11 is 0. The molecule has 1 N–H and O–H groups in total. The molecule has 1 aromatic carbocycles. The Balaban J connectivity index is 1.95. The number of hydrogen-bond acceptors (Lipinski definition) is 5. The van der Waals surface area contributed by atoms with E-state index in [4.69, 9.17) is 9.47 Å². The minimum Gasteiger partial charge on any atom is -0.494 e. The number of cyclic esters (lactones) is 1. The normalized spacial score (nSPS) is 18.3. The van der Waals surface area contributed by atoms with Crippen molar-refractivity contribution < 1.29 is 22.7 Å². The molecule has 1 aromatic rings. The molecule has 1 unspecified atom stereocenters. The third kappa shape index (κ3) is 4.35. The van der Waals surface area contributed by atoms with E-state index in [9.17, 15) is 13.2 Å². The van der Waals surface area contributed by atoms with E-state index < -0.39 is 22.2 Å². The van der Waals surface area contributed by atoms with E-state index in [1.54, 1.807) is 17.0 Å². The van der Waals surface area contributed by atoms with E-state index in [0.717, 1.165) is 0 Å². The summed E-state index contributed by atoms with van der Waals surface area (Å²) in [6.45, 7) is 6.56. The monoisotopic (exact) mass is 342 g/mol. The lowest BCUT2D eigenvalue weighted by Crippen LogP contribution is -2.36. The Labute approximate surface area is 136 Å². The van der Waals surface area contributed by atoms with E-state index in [2.05, 4.69) is 4.72 Å². The van der Waals surface area contributed by atoms with Gasteiger partial charge in [-0.25, -0.2) is 17.9 Å². The first-order valence-corrected chi connectivity index (χ1v) is 9.01. The Morgan fingerprint density at radius 3 is 2.52 bits per heavy atom. The van der Waals surface area contributed by atoms with E-state index in [-0.39, 0.29) is 17.5 Å². The molecule has 0 bridgehead atoms. The number of nitrogens with one attached hydrogen (secondary N) is 1. The first kappa shape index (κ1) is 17.6. The highest BCUT2D eigenvalue weighted by Gasteiger charge is 2.33. The molecule has 0 radical (unpaired) electrons. The fourth-order valence-corrected chi connectivity index (χ4v) is 3.30. The lowest BCUT2D eigenvalue weighted by atomic mass is 10.3. The first-order chi connectivity index (χ1) is 10.8. The topological polar surface area (TPSA) is 84.9 Å². The molecule has 23 heavy (non-hydrogen) atoms. The van der Waals surface area contributed by atoms with Gasteiger partial charge in [-0.1, -0.05) is 0 Å². The highest BCUT2D eigenvalue weighted by molar-refractivity contribution is 7.89. The summed E-state index contributed by atoms with van der Waals surface area (Å²) in [6.07, 6.45) is -0.896. The molecule has 1 saturated heterocycles. The summed E-state index contributed by atoms with van der Waals surface area (Å²) in [5.74, 6) is 0.615. The van der Waals surface area contributed by atoms with Crippen LogP contribution in [0.5, 0.6) is 5.75 Å². The Kier molecular flexibility index (Phi) is 5.48. The number of nitrogens with zero attached hydrogens (tertiary/aromatic N) is 1. The lowest BCUT2D eigenvalue weighted by molar-refractivity contribution is 0.130. The predicted octanol–water partition coefficient (Wildman–Crippen LogP) is 1.59. The van der Waals surface area contributed by atoms with Gasteiger partial charge in [0.05, 0.1) is 18.0 Å². The van der Waals surface area contributed by atoms with Crippen LogP contribution in [-0.2, 0) is 14.8 Å². The number of carbonyl (C=O) groups is 1. The molecule has 2 rings (SSSR count). The van der Waals surface area contributed by atoms with E-state index in [0.29, 0.717) is 18.9 Å². The second-order valence-corrected chi connectivity index (χ2v) is 7.28. The molecule has 1 atom stereocenters. The molecule has 0 spiro atoms. The number of hydrogen-bond donors (Lipinski definition) is 1. The van der Waals surface area contributed by atoms with Gasteiger partial charge in [-0.3, -0.25) is 0 Å². The van der Waals surface area contributed by atoms with Crippen molar-refractivity contribution in [3.05, 3.63) is 24.3 Å². The van der Waals surface area contributed by atoms with E-state index >= 15 is 0 Å². The van der Waals surface area contributed by atoms with Crippen molar-refractivity contribution in [1.29, 1.82) is 0 Å². The van der Waals surface area contributed by atoms with Gasteiger partial charge in [-0.2, -0.15) is 0 Å². The quantitative estimate of drug-likeness (QED) is 0.813. The number of rotatable bonds is 7. The number of amides is 1. The van der Waals surface area contributed by atoms with Crippen LogP contribution in [0.1, 0.15) is 20.8 Å². The van der Waals surface area contributed by atoms with Crippen molar-refractivity contribution in [2.45, 2.75) is 37.8 Å². The van der Waals surface area contributed by atoms with Gasteiger partial charge in [-0.05, 0) is 45.0 Å². The van der Waals surface area contributed by atoms with Gasteiger partial charge < -0.3 is 14.4 Å². The zero-order chi connectivity index (χ0) is 17.0. The standard InChI is InChI=1S/C15H22N2O5S/c1-4-21-12-5-7-14(8-6-12)23(19,20)16-9-13-10-17(11(2)3)15(18)22-13/h5-8,11,13,16H,4,9-10H2,1-3H3. The Morgan fingerprint density at radius 1 is 1.35 bits per heavy atom. The van der Waals surface area contributed by atoms with Crippen molar-refractivity contribution in [2.75, 3.05) is 19.7 Å². The molecule has 1 fully saturated rings. The van der Waals surface area contributed by atoms with Crippen molar-refractivity contribution >= 4 is 16.1 Å². The van der Waals surface area contributed by atoms with Crippen LogP contribution in [-0.4, -0.2) is 51.3 Å². The second-order valence-electron chi connectivity index (χ2n) is 5.51.